The van der Waals surface area contributed by atoms with E-state index in [-0.39, 0.29) is 17.7 Å². The van der Waals surface area contributed by atoms with Crippen molar-refractivity contribution < 1.29 is 14.4 Å². The minimum Gasteiger partial charge on any atom is -0.374 e. The highest BCUT2D eigenvalue weighted by atomic mass is 16.2. The molecule has 0 saturated carbocycles. The number of carbonyl (C=O) groups is 3. The molecule has 0 spiro atoms. The second-order valence-corrected chi connectivity index (χ2v) is 7.58. The molecular formula is C20H28N4O3. The molecule has 2 heterocycles. The van der Waals surface area contributed by atoms with Crippen LogP contribution in [-0.4, -0.2) is 47.3 Å². The average Bonchev–Trinajstić information content (AvgIpc) is 2.61. The number of nitrogens with one attached hydrogen (secondary N) is 3. The molecular weight excluding hydrogens is 344 g/mol. The van der Waals surface area contributed by atoms with E-state index in [1.165, 1.54) is 6.42 Å². The number of nitrogens with zero attached hydrogens (tertiary/aromatic N) is 1. The number of imide groups is 1. The number of piperidine rings is 2. The lowest BCUT2D eigenvalue weighted by molar-refractivity contribution is -0.133. The van der Waals surface area contributed by atoms with Gasteiger partial charge in [-0.3, -0.25) is 24.6 Å². The smallest absolute Gasteiger partial charge is 0.249 e. The van der Waals surface area contributed by atoms with E-state index in [0.29, 0.717) is 37.2 Å². The number of hydrogen-bond donors (Lipinski definition) is 3. The molecule has 0 aromatic heterocycles. The molecule has 3 rings (SSSR count). The second kappa shape index (κ2) is 8.52. The Kier molecular flexibility index (Phi) is 6.11. The van der Waals surface area contributed by atoms with Gasteiger partial charge in [0.15, 0.2) is 0 Å². The molecule has 146 valence electrons. The van der Waals surface area contributed by atoms with Gasteiger partial charge >= 0.3 is 0 Å². The van der Waals surface area contributed by atoms with Crippen molar-refractivity contribution in [1.82, 2.24) is 10.2 Å². The van der Waals surface area contributed by atoms with Crippen LogP contribution in [0.2, 0.25) is 0 Å². The molecule has 2 aliphatic rings. The van der Waals surface area contributed by atoms with Crippen LogP contribution in [0.4, 0.5) is 11.4 Å². The van der Waals surface area contributed by atoms with Gasteiger partial charge in [0.05, 0.1) is 6.54 Å². The van der Waals surface area contributed by atoms with E-state index in [9.17, 15) is 14.4 Å². The molecule has 1 aromatic rings. The molecule has 2 aliphatic heterocycles. The normalized spacial score (nSPS) is 26.4. The highest BCUT2D eigenvalue weighted by molar-refractivity contribution is 6.01. The SMILES string of the molecule is C[C@@H]1CCC[C@H](C)N1CC(=O)Nc1cccc(NC2CCC(=O)NC2=O)c1. The van der Waals surface area contributed by atoms with Crippen LogP contribution >= 0.6 is 0 Å². The molecule has 3 N–H and O–H groups in total. The second-order valence-electron chi connectivity index (χ2n) is 7.58. The first kappa shape index (κ1) is 19.4. The molecule has 1 aromatic carbocycles. The molecule has 2 fully saturated rings. The number of anilines is 2. The van der Waals surface area contributed by atoms with Crippen molar-refractivity contribution in [1.29, 1.82) is 0 Å². The minimum absolute atomic E-state index is 0.0336. The van der Waals surface area contributed by atoms with E-state index < -0.39 is 6.04 Å². The monoisotopic (exact) mass is 372 g/mol. The van der Waals surface area contributed by atoms with E-state index in [2.05, 4.69) is 34.7 Å². The third-order valence-corrected chi connectivity index (χ3v) is 5.43. The van der Waals surface area contributed by atoms with E-state index in [4.69, 9.17) is 0 Å². The molecule has 3 atom stereocenters. The first-order valence-electron chi connectivity index (χ1n) is 9.68. The lowest BCUT2D eigenvalue weighted by Gasteiger charge is -2.38. The van der Waals surface area contributed by atoms with E-state index in [1.807, 2.05) is 24.3 Å². The fourth-order valence-corrected chi connectivity index (χ4v) is 3.87. The Morgan fingerprint density at radius 3 is 2.56 bits per heavy atom. The van der Waals surface area contributed by atoms with Gasteiger partial charge in [-0.25, -0.2) is 0 Å². The quantitative estimate of drug-likeness (QED) is 0.689. The predicted molar refractivity (Wildman–Crippen MR) is 104 cm³/mol. The number of benzene rings is 1. The van der Waals surface area contributed by atoms with Crippen LogP contribution < -0.4 is 16.0 Å². The lowest BCUT2D eigenvalue weighted by atomic mass is 9.97. The molecule has 7 heteroatoms. The molecule has 27 heavy (non-hydrogen) atoms. The maximum Gasteiger partial charge on any atom is 0.249 e. The third-order valence-electron chi connectivity index (χ3n) is 5.43. The Bertz CT molecular complexity index is 711. The zero-order chi connectivity index (χ0) is 19.4. The van der Waals surface area contributed by atoms with Gasteiger partial charge in [0, 0.05) is 29.9 Å². The topological polar surface area (TPSA) is 90.5 Å². The largest absolute Gasteiger partial charge is 0.374 e. The number of hydrogen-bond acceptors (Lipinski definition) is 5. The first-order chi connectivity index (χ1) is 12.9. The molecule has 0 aliphatic carbocycles. The van der Waals surface area contributed by atoms with Gasteiger partial charge in [0.2, 0.25) is 17.7 Å². The summed E-state index contributed by atoms with van der Waals surface area (Å²) < 4.78 is 0. The van der Waals surface area contributed by atoms with Crippen LogP contribution in [0.15, 0.2) is 24.3 Å². The number of amides is 3. The van der Waals surface area contributed by atoms with Gasteiger partial charge in [-0.2, -0.15) is 0 Å². The highest BCUT2D eigenvalue weighted by Gasteiger charge is 2.27. The zero-order valence-electron chi connectivity index (χ0n) is 16.0. The number of likely N-dealkylation sites (tertiary alicyclic amines) is 1. The van der Waals surface area contributed by atoms with Crippen LogP contribution in [-0.2, 0) is 14.4 Å². The van der Waals surface area contributed by atoms with E-state index >= 15 is 0 Å². The lowest BCUT2D eigenvalue weighted by Crippen LogP contribution is -2.47. The standard InChI is InChI=1S/C20H28N4O3/c1-13-5-3-6-14(2)24(13)12-19(26)22-16-8-4-7-15(11-16)21-17-9-10-18(25)23-20(17)27/h4,7-8,11,13-14,17,21H,3,5-6,9-10,12H2,1-2H3,(H,22,26)(H,23,25,27)/t13-,14+,17?. The van der Waals surface area contributed by atoms with Crippen LogP contribution in [0.3, 0.4) is 0 Å². The van der Waals surface area contributed by atoms with Crippen LogP contribution in [0.1, 0.15) is 46.0 Å². The fraction of sp³-hybridized carbons (Fsp3) is 0.550. The van der Waals surface area contributed by atoms with Gasteiger partial charge in [0.25, 0.3) is 0 Å². The summed E-state index contributed by atoms with van der Waals surface area (Å²) in [4.78, 5) is 37.9. The van der Waals surface area contributed by atoms with Crippen LogP contribution in [0, 0.1) is 0 Å². The Labute approximate surface area is 159 Å². The molecule has 3 amide bonds. The van der Waals surface area contributed by atoms with Crippen molar-refractivity contribution >= 4 is 29.1 Å². The summed E-state index contributed by atoms with van der Waals surface area (Å²) in [7, 11) is 0. The maximum absolute atomic E-state index is 12.5. The predicted octanol–water partition coefficient (Wildman–Crippen LogP) is 2.11. The van der Waals surface area contributed by atoms with Crippen LogP contribution in [0.5, 0.6) is 0 Å². The molecule has 0 radical (unpaired) electrons. The van der Waals surface area contributed by atoms with Crippen molar-refractivity contribution in [2.24, 2.45) is 0 Å². The van der Waals surface area contributed by atoms with Crippen molar-refractivity contribution in [3.63, 3.8) is 0 Å². The van der Waals surface area contributed by atoms with Gasteiger partial charge < -0.3 is 10.6 Å². The Hall–Kier alpha value is -2.41. The summed E-state index contributed by atoms with van der Waals surface area (Å²) in [5, 5.41) is 8.42. The summed E-state index contributed by atoms with van der Waals surface area (Å²) >= 11 is 0. The highest BCUT2D eigenvalue weighted by Crippen LogP contribution is 2.23. The Morgan fingerprint density at radius 2 is 1.85 bits per heavy atom. The molecule has 0 bridgehead atoms. The van der Waals surface area contributed by atoms with Gasteiger partial charge in [-0.1, -0.05) is 12.5 Å². The fourth-order valence-electron chi connectivity index (χ4n) is 3.87. The van der Waals surface area contributed by atoms with Crippen molar-refractivity contribution in [2.45, 2.75) is 64.1 Å². The Morgan fingerprint density at radius 1 is 1.15 bits per heavy atom. The van der Waals surface area contributed by atoms with Crippen molar-refractivity contribution in [2.75, 3.05) is 17.2 Å². The Balaban J connectivity index is 1.57. The van der Waals surface area contributed by atoms with Gasteiger partial charge in [-0.05, 0) is 51.3 Å². The first-order valence-corrected chi connectivity index (χ1v) is 9.68. The van der Waals surface area contributed by atoms with Crippen molar-refractivity contribution in [3.8, 4) is 0 Å². The summed E-state index contributed by atoms with van der Waals surface area (Å²) in [6, 6.07) is 7.70. The molecule has 1 unspecified atom stereocenters. The molecule has 2 saturated heterocycles. The van der Waals surface area contributed by atoms with E-state index in [1.54, 1.807) is 0 Å². The molecule has 7 nitrogen and oxygen atoms in total. The number of rotatable bonds is 5. The maximum atomic E-state index is 12.5. The third kappa shape index (κ3) is 5.07. The zero-order valence-corrected chi connectivity index (χ0v) is 16.0. The van der Waals surface area contributed by atoms with E-state index in [0.717, 1.165) is 18.5 Å². The minimum atomic E-state index is -0.441. The summed E-state index contributed by atoms with van der Waals surface area (Å²) in [6.45, 7) is 4.73. The van der Waals surface area contributed by atoms with Crippen LogP contribution in [0.25, 0.3) is 0 Å². The van der Waals surface area contributed by atoms with Crippen molar-refractivity contribution in [3.05, 3.63) is 24.3 Å². The van der Waals surface area contributed by atoms with Gasteiger partial charge in [0.1, 0.15) is 6.04 Å². The number of carbonyl (C=O) groups excluding carboxylic acids is 3. The summed E-state index contributed by atoms with van der Waals surface area (Å²) in [5.74, 6) is -0.581. The van der Waals surface area contributed by atoms with Gasteiger partial charge in [-0.15, -0.1) is 0 Å². The average molecular weight is 372 g/mol. The summed E-state index contributed by atoms with van der Waals surface area (Å²) in [5.41, 5.74) is 1.43. The summed E-state index contributed by atoms with van der Waals surface area (Å²) in [6.07, 6.45) is 4.26.